The van der Waals surface area contributed by atoms with E-state index in [0.717, 1.165) is 35.1 Å². The van der Waals surface area contributed by atoms with Crippen molar-refractivity contribution in [3.05, 3.63) is 53.7 Å². The van der Waals surface area contributed by atoms with Crippen LogP contribution in [0.25, 0.3) is 33.7 Å². The first kappa shape index (κ1) is 18.9. The summed E-state index contributed by atoms with van der Waals surface area (Å²) in [5, 5.41) is 23.5. The van der Waals surface area contributed by atoms with E-state index < -0.39 is 5.97 Å². The zero-order chi connectivity index (χ0) is 21.5. The molecule has 3 heterocycles. The van der Waals surface area contributed by atoms with Gasteiger partial charge in [-0.05, 0) is 48.9 Å². The summed E-state index contributed by atoms with van der Waals surface area (Å²) in [5.74, 6) is 0.529. The van der Waals surface area contributed by atoms with Gasteiger partial charge in [0.05, 0.1) is 25.2 Å². The molecule has 0 radical (unpaired) electrons. The SMILES string of the molecule is COc1cc(C#N)cc(-c2nc(-c3ccc4c(c3)cc3n4CC[C@@H]3CC(=O)O)no2)c1. The molecule has 0 saturated carbocycles. The van der Waals surface area contributed by atoms with Gasteiger partial charge in [-0.25, -0.2) is 0 Å². The molecule has 8 nitrogen and oxygen atoms in total. The summed E-state index contributed by atoms with van der Waals surface area (Å²) < 4.78 is 12.9. The molecule has 0 fully saturated rings. The Bertz CT molecular complexity index is 1360. The van der Waals surface area contributed by atoms with Crippen LogP contribution in [0.3, 0.4) is 0 Å². The molecule has 31 heavy (non-hydrogen) atoms. The number of nitriles is 1. The van der Waals surface area contributed by atoms with Gasteiger partial charge in [-0.3, -0.25) is 4.79 Å². The summed E-state index contributed by atoms with van der Waals surface area (Å²) in [5.41, 5.74) is 3.97. The lowest BCUT2D eigenvalue weighted by atomic mass is 10.0. The summed E-state index contributed by atoms with van der Waals surface area (Å²) in [6, 6.07) is 15.1. The Kier molecular flexibility index (Phi) is 4.44. The van der Waals surface area contributed by atoms with Gasteiger partial charge < -0.3 is 18.9 Å². The number of fused-ring (bicyclic) bond motifs is 3. The standard InChI is InChI=1S/C23H18N4O4/c1-30-18-7-13(12-24)6-17(9-18)23-25-22(26-31-23)15-2-3-19-16(8-15)10-20-14(11-21(28)29)4-5-27(19)20/h2-3,6-10,14H,4-5,11H2,1H3,(H,28,29)/t14-/m1/s1. The number of hydrogen-bond donors (Lipinski definition) is 1. The number of carboxylic acids is 1. The summed E-state index contributed by atoms with van der Waals surface area (Å²) in [6.45, 7) is 0.819. The largest absolute Gasteiger partial charge is 0.497 e. The fraction of sp³-hybridized carbons (Fsp3) is 0.217. The van der Waals surface area contributed by atoms with Gasteiger partial charge in [0, 0.05) is 40.2 Å². The number of ether oxygens (including phenoxy) is 1. The minimum absolute atomic E-state index is 0.0347. The molecule has 0 saturated heterocycles. The van der Waals surface area contributed by atoms with E-state index in [-0.39, 0.29) is 12.3 Å². The van der Waals surface area contributed by atoms with E-state index >= 15 is 0 Å². The molecule has 5 rings (SSSR count). The molecule has 2 aromatic carbocycles. The van der Waals surface area contributed by atoms with E-state index in [2.05, 4.69) is 26.8 Å². The predicted molar refractivity (Wildman–Crippen MR) is 112 cm³/mol. The lowest BCUT2D eigenvalue weighted by Gasteiger charge is -2.04. The van der Waals surface area contributed by atoms with Gasteiger partial charge >= 0.3 is 5.97 Å². The Morgan fingerprint density at radius 2 is 2.16 bits per heavy atom. The zero-order valence-corrected chi connectivity index (χ0v) is 16.7. The Morgan fingerprint density at radius 1 is 1.29 bits per heavy atom. The number of rotatable bonds is 5. The van der Waals surface area contributed by atoms with Gasteiger partial charge in [-0.1, -0.05) is 5.16 Å². The van der Waals surface area contributed by atoms with Crippen molar-refractivity contribution in [3.8, 4) is 34.7 Å². The second-order valence-electron chi connectivity index (χ2n) is 7.56. The van der Waals surface area contributed by atoms with Crippen molar-refractivity contribution in [2.24, 2.45) is 0 Å². The molecule has 0 spiro atoms. The minimum atomic E-state index is -0.777. The van der Waals surface area contributed by atoms with Crippen molar-refractivity contribution in [1.82, 2.24) is 14.7 Å². The Labute approximate surface area is 177 Å². The Hall–Kier alpha value is -4.12. The van der Waals surface area contributed by atoms with Crippen molar-refractivity contribution in [1.29, 1.82) is 5.26 Å². The third kappa shape index (κ3) is 3.30. The molecule has 8 heteroatoms. The van der Waals surface area contributed by atoms with E-state index in [4.69, 9.17) is 14.4 Å². The van der Waals surface area contributed by atoms with Crippen molar-refractivity contribution < 1.29 is 19.2 Å². The van der Waals surface area contributed by atoms with Gasteiger partial charge in [0.2, 0.25) is 5.82 Å². The molecule has 1 aliphatic rings. The van der Waals surface area contributed by atoms with Crippen LogP contribution in [0.15, 0.2) is 47.0 Å². The summed E-state index contributed by atoms with van der Waals surface area (Å²) in [6.07, 6.45) is 0.987. The van der Waals surface area contributed by atoms with Crippen LogP contribution in [0, 0.1) is 11.3 Å². The van der Waals surface area contributed by atoms with E-state index in [1.165, 1.54) is 7.11 Å². The fourth-order valence-corrected chi connectivity index (χ4v) is 4.23. The molecule has 4 aromatic rings. The van der Waals surface area contributed by atoms with Crippen LogP contribution >= 0.6 is 0 Å². The number of benzene rings is 2. The first-order valence-corrected chi connectivity index (χ1v) is 9.84. The van der Waals surface area contributed by atoms with Crippen molar-refractivity contribution in [2.75, 3.05) is 7.11 Å². The highest BCUT2D eigenvalue weighted by Crippen LogP contribution is 2.37. The molecule has 0 unspecified atom stereocenters. The third-order valence-corrected chi connectivity index (χ3v) is 5.68. The van der Waals surface area contributed by atoms with Crippen LogP contribution in [0.2, 0.25) is 0 Å². The molecule has 0 bridgehead atoms. The van der Waals surface area contributed by atoms with Crippen LogP contribution in [-0.2, 0) is 11.3 Å². The molecule has 1 atom stereocenters. The van der Waals surface area contributed by atoms with Crippen LogP contribution in [0.4, 0.5) is 0 Å². The first-order valence-electron chi connectivity index (χ1n) is 9.84. The molecule has 154 valence electrons. The van der Waals surface area contributed by atoms with Crippen LogP contribution < -0.4 is 4.74 Å². The Balaban J connectivity index is 1.50. The number of aromatic nitrogens is 3. The van der Waals surface area contributed by atoms with Crippen LogP contribution in [-0.4, -0.2) is 32.9 Å². The lowest BCUT2D eigenvalue weighted by Crippen LogP contribution is -2.02. The minimum Gasteiger partial charge on any atom is -0.497 e. The van der Waals surface area contributed by atoms with Crippen LogP contribution in [0.1, 0.15) is 30.0 Å². The van der Waals surface area contributed by atoms with E-state index in [0.29, 0.717) is 28.6 Å². The monoisotopic (exact) mass is 414 g/mol. The highest BCUT2D eigenvalue weighted by molar-refractivity contribution is 5.86. The van der Waals surface area contributed by atoms with Crippen molar-refractivity contribution in [3.63, 3.8) is 0 Å². The van der Waals surface area contributed by atoms with E-state index in [1.54, 1.807) is 18.2 Å². The number of aliphatic carboxylic acids is 1. The van der Waals surface area contributed by atoms with Gasteiger partial charge in [0.25, 0.3) is 5.89 Å². The number of carboxylic acid groups (broad SMARTS) is 1. The summed E-state index contributed by atoms with van der Waals surface area (Å²) >= 11 is 0. The maximum absolute atomic E-state index is 11.2. The number of aryl methyl sites for hydroxylation is 1. The van der Waals surface area contributed by atoms with E-state index in [9.17, 15) is 10.1 Å². The van der Waals surface area contributed by atoms with Gasteiger partial charge in [-0.15, -0.1) is 0 Å². The van der Waals surface area contributed by atoms with Crippen molar-refractivity contribution in [2.45, 2.75) is 25.3 Å². The maximum atomic E-state index is 11.2. The second-order valence-corrected chi connectivity index (χ2v) is 7.56. The van der Waals surface area contributed by atoms with Crippen LogP contribution in [0.5, 0.6) is 5.75 Å². The zero-order valence-electron chi connectivity index (χ0n) is 16.7. The summed E-state index contributed by atoms with van der Waals surface area (Å²) in [7, 11) is 1.53. The maximum Gasteiger partial charge on any atom is 0.304 e. The number of methoxy groups -OCH3 is 1. The number of nitrogens with zero attached hydrogens (tertiary/aromatic N) is 4. The molecule has 0 aliphatic carbocycles. The topological polar surface area (TPSA) is 114 Å². The quantitative estimate of drug-likeness (QED) is 0.520. The summed E-state index contributed by atoms with van der Waals surface area (Å²) in [4.78, 5) is 15.7. The fourth-order valence-electron chi connectivity index (χ4n) is 4.23. The average Bonchev–Trinajstić information content (AvgIpc) is 3.49. The van der Waals surface area contributed by atoms with Gasteiger partial charge in [0.15, 0.2) is 0 Å². The number of hydrogen-bond acceptors (Lipinski definition) is 6. The Morgan fingerprint density at radius 3 is 2.94 bits per heavy atom. The molecular weight excluding hydrogens is 396 g/mol. The molecule has 1 aliphatic heterocycles. The van der Waals surface area contributed by atoms with Gasteiger partial charge in [0.1, 0.15) is 5.75 Å². The van der Waals surface area contributed by atoms with Gasteiger partial charge in [-0.2, -0.15) is 10.2 Å². The second kappa shape index (κ2) is 7.29. The highest BCUT2D eigenvalue weighted by atomic mass is 16.5. The smallest absolute Gasteiger partial charge is 0.304 e. The average molecular weight is 414 g/mol. The van der Waals surface area contributed by atoms with Crippen molar-refractivity contribution >= 4 is 16.9 Å². The number of carbonyl (C=O) groups is 1. The highest BCUT2D eigenvalue weighted by Gasteiger charge is 2.27. The molecule has 2 aromatic heterocycles. The van der Waals surface area contributed by atoms with E-state index in [1.807, 2.05) is 18.2 Å². The molecule has 1 N–H and O–H groups in total. The molecular formula is C23H18N4O4. The first-order chi connectivity index (χ1) is 15.1. The molecule has 0 amide bonds. The predicted octanol–water partition coefficient (Wildman–Crippen LogP) is 4.20. The third-order valence-electron chi connectivity index (χ3n) is 5.68. The normalized spacial score (nSPS) is 15.0. The lowest BCUT2D eigenvalue weighted by molar-refractivity contribution is -0.137.